The van der Waals surface area contributed by atoms with Gasteiger partial charge in [-0.05, 0) is 13.8 Å². The number of hydrogen-bond acceptors (Lipinski definition) is 3. The summed E-state index contributed by atoms with van der Waals surface area (Å²) >= 11 is 0. The second-order valence-corrected chi connectivity index (χ2v) is 3.29. The van der Waals surface area contributed by atoms with Gasteiger partial charge >= 0.3 is 0 Å². The SMILES string of the molecule is Cc1nc(C)c(N=CN(C)C)c(=O)[nH]1.Cl. The monoisotopic (exact) mass is 230 g/mol. The van der Waals surface area contributed by atoms with E-state index in [2.05, 4.69) is 15.0 Å². The van der Waals surface area contributed by atoms with Crippen LogP contribution in [-0.2, 0) is 0 Å². The first-order valence-electron chi connectivity index (χ1n) is 4.29. The van der Waals surface area contributed by atoms with Gasteiger partial charge in [-0.2, -0.15) is 0 Å². The van der Waals surface area contributed by atoms with E-state index in [9.17, 15) is 4.79 Å². The van der Waals surface area contributed by atoms with Crippen LogP contribution < -0.4 is 5.56 Å². The van der Waals surface area contributed by atoms with Crippen molar-refractivity contribution in [1.82, 2.24) is 14.9 Å². The van der Waals surface area contributed by atoms with Crippen LogP contribution >= 0.6 is 12.4 Å². The summed E-state index contributed by atoms with van der Waals surface area (Å²) in [5, 5.41) is 0. The lowest BCUT2D eigenvalue weighted by molar-refractivity contribution is 0.643. The summed E-state index contributed by atoms with van der Waals surface area (Å²) in [5.41, 5.74) is 0.807. The van der Waals surface area contributed by atoms with E-state index in [1.807, 2.05) is 14.1 Å². The molecule has 0 aliphatic rings. The van der Waals surface area contributed by atoms with E-state index in [0.29, 0.717) is 17.2 Å². The Morgan fingerprint density at radius 2 is 2.00 bits per heavy atom. The van der Waals surface area contributed by atoms with Crippen LogP contribution in [0.4, 0.5) is 5.69 Å². The van der Waals surface area contributed by atoms with Crippen LogP contribution in [0.25, 0.3) is 0 Å². The molecule has 0 saturated carbocycles. The Labute approximate surface area is 94.7 Å². The van der Waals surface area contributed by atoms with E-state index in [1.54, 1.807) is 25.1 Å². The molecule has 0 spiro atoms. The number of nitrogens with one attached hydrogen (secondary N) is 1. The highest BCUT2D eigenvalue weighted by Crippen LogP contribution is 2.07. The number of aromatic nitrogens is 2. The molecule has 1 heterocycles. The third-order valence-electron chi connectivity index (χ3n) is 1.61. The number of aryl methyl sites for hydroxylation is 2. The standard InChI is InChI=1S/C9H14N4O.ClH/c1-6-8(10-5-13(3)4)9(14)12-7(2)11-6;/h5H,1-4H3,(H,11,12,14);1H. The van der Waals surface area contributed by atoms with Crippen LogP contribution in [0, 0.1) is 13.8 Å². The van der Waals surface area contributed by atoms with E-state index in [4.69, 9.17) is 0 Å². The quantitative estimate of drug-likeness (QED) is 0.610. The molecular formula is C9H15ClN4O. The topological polar surface area (TPSA) is 61.4 Å². The smallest absolute Gasteiger partial charge is 0.277 e. The van der Waals surface area contributed by atoms with Gasteiger partial charge in [0.1, 0.15) is 5.82 Å². The van der Waals surface area contributed by atoms with E-state index in [-0.39, 0.29) is 18.0 Å². The van der Waals surface area contributed by atoms with Crippen LogP contribution in [0.3, 0.4) is 0 Å². The van der Waals surface area contributed by atoms with Crippen molar-refractivity contribution in [3.05, 3.63) is 21.9 Å². The predicted octanol–water partition coefficient (Wildman–Crippen LogP) is 1.03. The summed E-state index contributed by atoms with van der Waals surface area (Å²) in [6.07, 6.45) is 1.58. The van der Waals surface area contributed by atoms with E-state index < -0.39 is 0 Å². The molecule has 0 aliphatic heterocycles. The molecule has 6 heteroatoms. The zero-order valence-electron chi connectivity index (χ0n) is 9.24. The second-order valence-electron chi connectivity index (χ2n) is 3.29. The first-order chi connectivity index (χ1) is 6.50. The molecule has 0 unspecified atom stereocenters. The zero-order chi connectivity index (χ0) is 10.7. The van der Waals surface area contributed by atoms with E-state index >= 15 is 0 Å². The van der Waals surface area contributed by atoms with Gasteiger partial charge in [0, 0.05) is 14.1 Å². The van der Waals surface area contributed by atoms with Gasteiger partial charge in [0.25, 0.3) is 5.56 Å². The van der Waals surface area contributed by atoms with E-state index in [0.717, 1.165) is 0 Å². The maximum absolute atomic E-state index is 11.4. The number of aliphatic imine (C=N–C) groups is 1. The van der Waals surface area contributed by atoms with Crippen molar-refractivity contribution < 1.29 is 0 Å². The van der Waals surface area contributed by atoms with Crippen molar-refractivity contribution in [1.29, 1.82) is 0 Å². The minimum Gasteiger partial charge on any atom is -0.369 e. The summed E-state index contributed by atoms with van der Waals surface area (Å²) in [7, 11) is 3.68. The molecule has 0 aromatic carbocycles. The third kappa shape index (κ3) is 3.71. The molecule has 0 bridgehead atoms. The minimum atomic E-state index is -0.201. The number of aromatic amines is 1. The summed E-state index contributed by atoms with van der Waals surface area (Å²) in [6.45, 7) is 3.51. The fourth-order valence-corrected chi connectivity index (χ4v) is 1.05. The summed E-state index contributed by atoms with van der Waals surface area (Å²) in [4.78, 5) is 24.0. The molecular weight excluding hydrogens is 216 g/mol. The fourth-order valence-electron chi connectivity index (χ4n) is 1.05. The van der Waals surface area contributed by atoms with Gasteiger partial charge in [0.15, 0.2) is 5.69 Å². The lowest BCUT2D eigenvalue weighted by atomic mass is 10.3. The van der Waals surface area contributed by atoms with Crippen molar-refractivity contribution in [2.24, 2.45) is 4.99 Å². The van der Waals surface area contributed by atoms with Crippen molar-refractivity contribution in [2.45, 2.75) is 13.8 Å². The van der Waals surface area contributed by atoms with Gasteiger partial charge in [0.05, 0.1) is 12.0 Å². The Bertz CT molecular complexity index is 411. The average Bonchev–Trinajstić information content (AvgIpc) is 2.01. The van der Waals surface area contributed by atoms with Crippen molar-refractivity contribution in [3.63, 3.8) is 0 Å². The highest BCUT2D eigenvalue weighted by atomic mass is 35.5. The predicted molar refractivity (Wildman–Crippen MR) is 63.4 cm³/mol. The van der Waals surface area contributed by atoms with Gasteiger partial charge in [-0.15, -0.1) is 12.4 Å². The molecule has 1 rings (SSSR count). The zero-order valence-corrected chi connectivity index (χ0v) is 10.1. The van der Waals surface area contributed by atoms with Crippen molar-refractivity contribution in [3.8, 4) is 0 Å². The normalized spacial score (nSPS) is 10.1. The molecule has 5 nitrogen and oxygen atoms in total. The van der Waals surface area contributed by atoms with Crippen LogP contribution in [0.1, 0.15) is 11.5 Å². The maximum Gasteiger partial charge on any atom is 0.277 e. The maximum atomic E-state index is 11.4. The Hall–Kier alpha value is -1.36. The molecule has 1 aromatic heterocycles. The number of halogens is 1. The van der Waals surface area contributed by atoms with Crippen LogP contribution in [-0.4, -0.2) is 35.3 Å². The number of rotatable bonds is 2. The first-order valence-corrected chi connectivity index (χ1v) is 4.29. The molecule has 15 heavy (non-hydrogen) atoms. The summed E-state index contributed by atoms with van der Waals surface area (Å²) < 4.78 is 0. The molecule has 0 aliphatic carbocycles. The first kappa shape index (κ1) is 13.6. The Morgan fingerprint density at radius 3 is 2.47 bits per heavy atom. The Kier molecular flexibility index (Phi) is 5.00. The van der Waals surface area contributed by atoms with Crippen LogP contribution in [0.2, 0.25) is 0 Å². The third-order valence-corrected chi connectivity index (χ3v) is 1.61. The summed E-state index contributed by atoms with van der Waals surface area (Å²) in [5.74, 6) is 0.608. The van der Waals surface area contributed by atoms with Gasteiger partial charge < -0.3 is 9.88 Å². The molecule has 84 valence electrons. The fraction of sp³-hybridized carbons (Fsp3) is 0.444. The van der Waals surface area contributed by atoms with Crippen LogP contribution in [0.5, 0.6) is 0 Å². The Morgan fingerprint density at radius 1 is 1.40 bits per heavy atom. The van der Waals surface area contributed by atoms with Gasteiger partial charge in [0.2, 0.25) is 0 Å². The Balaban J connectivity index is 0.00000196. The van der Waals surface area contributed by atoms with Crippen LogP contribution in [0.15, 0.2) is 9.79 Å². The number of H-pyrrole nitrogens is 1. The second kappa shape index (κ2) is 5.50. The average molecular weight is 231 g/mol. The molecule has 0 atom stereocenters. The largest absolute Gasteiger partial charge is 0.369 e. The highest BCUT2D eigenvalue weighted by Gasteiger charge is 2.03. The van der Waals surface area contributed by atoms with Gasteiger partial charge in [-0.3, -0.25) is 4.79 Å². The summed E-state index contributed by atoms with van der Waals surface area (Å²) in [6, 6.07) is 0. The molecule has 0 radical (unpaired) electrons. The molecule has 1 N–H and O–H groups in total. The molecule has 0 amide bonds. The minimum absolute atomic E-state index is 0. The number of nitrogens with zero attached hydrogens (tertiary/aromatic N) is 3. The lowest BCUT2D eigenvalue weighted by Gasteiger charge is -2.03. The van der Waals surface area contributed by atoms with Crippen molar-refractivity contribution >= 4 is 24.4 Å². The molecule has 0 saturated heterocycles. The highest BCUT2D eigenvalue weighted by molar-refractivity contribution is 5.85. The molecule has 0 fully saturated rings. The lowest BCUT2D eigenvalue weighted by Crippen LogP contribution is -2.13. The van der Waals surface area contributed by atoms with Gasteiger partial charge in [-0.25, -0.2) is 9.98 Å². The van der Waals surface area contributed by atoms with Crippen molar-refractivity contribution in [2.75, 3.05) is 14.1 Å². The molecule has 1 aromatic rings. The number of hydrogen-bond donors (Lipinski definition) is 1. The van der Waals surface area contributed by atoms with Gasteiger partial charge in [-0.1, -0.05) is 0 Å². The van der Waals surface area contributed by atoms with E-state index in [1.165, 1.54) is 0 Å².